The topological polar surface area (TPSA) is 66.4 Å². The fourth-order valence-corrected chi connectivity index (χ4v) is 1.58. The van der Waals surface area contributed by atoms with Gasteiger partial charge in [0.25, 0.3) is 5.91 Å². The molecule has 0 aliphatic rings. The predicted molar refractivity (Wildman–Crippen MR) is 75.0 cm³/mol. The summed E-state index contributed by atoms with van der Waals surface area (Å²) in [5, 5.41) is 10.8. The van der Waals surface area contributed by atoms with Crippen molar-refractivity contribution in [1.29, 1.82) is 0 Å². The highest BCUT2D eigenvalue weighted by atomic mass is 16.4. The third kappa shape index (κ3) is 5.86. The van der Waals surface area contributed by atoms with Crippen LogP contribution < -0.4 is 5.32 Å². The Kier molecular flexibility index (Phi) is 6.36. The highest BCUT2D eigenvalue weighted by Gasteiger charge is 2.06. The number of allylic oxidation sites excluding steroid dienone is 1. The molecule has 0 radical (unpaired) electrons. The quantitative estimate of drug-likeness (QED) is 0.742. The van der Waals surface area contributed by atoms with Crippen molar-refractivity contribution < 1.29 is 14.7 Å². The van der Waals surface area contributed by atoms with Crippen LogP contribution in [0.1, 0.15) is 42.1 Å². The second-order valence-electron chi connectivity index (χ2n) is 4.25. The van der Waals surface area contributed by atoms with Crippen molar-refractivity contribution in [3.63, 3.8) is 0 Å². The molecule has 2 N–H and O–H groups in total. The van der Waals surface area contributed by atoms with E-state index in [4.69, 9.17) is 5.11 Å². The molecule has 0 aliphatic heterocycles. The van der Waals surface area contributed by atoms with Crippen LogP contribution in [0.5, 0.6) is 0 Å². The van der Waals surface area contributed by atoms with Crippen molar-refractivity contribution in [1.82, 2.24) is 5.32 Å². The third-order valence-electron chi connectivity index (χ3n) is 2.58. The zero-order valence-corrected chi connectivity index (χ0v) is 11.1. The lowest BCUT2D eigenvalue weighted by molar-refractivity contribution is -0.135. The van der Waals surface area contributed by atoms with Crippen molar-refractivity contribution >= 4 is 18.0 Å². The van der Waals surface area contributed by atoms with Crippen molar-refractivity contribution in [3.05, 3.63) is 41.5 Å². The van der Waals surface area contributed by atoms with Crippen molar-refractivity contribution in [3.8, 4) is 0 Å². The molecule has 0 aromatic heterocycles. The summed E-state index contributed by atoms with van der Waals surface area (Å²) in [6, 6.07) is 7.12. The SMILES string of the molecule is CCCC/C=C\c1cccc(C(=O)NCC(=O)O)c1. The molecule has 1 amide bonds. The minimum absolute atomic E-state index is 0.366. The number of hydrogen-bond acceptors (Lipinski definition) is 2. The maximum atomic E-state index is 11.7. The Labute approximate surface area is 113 Å². The molecule has 0 spiro atoms. The summed E-state index contributed by atoms with van der Waals surface area (Å²) in [5.41, 5.74) is 1.41. The Hall–Kier alpha value is -2.10. The predicted octanol–water partition coefficient (Wildman–Crippen LogP) is 2.70. The van der Waals surface area contributed by atoms with Gasteiger partial charge in [-0.3, -0.25) is 9.59 Å². The molecule has 0 fully saturated rings. The van der Waals surface area contributed by atoms with Crippen LogP contribution in [-0.2, 0) is 4.79 Å². The smallest absolute Gasteiger partial charge is 0.322 e. The Balaban J connectivity index is 2.63. The fraction of sp³-hybridized carbons (Fsp3) is 0.333. The van der Waals surface area contributed by atoms with E-state index < -0.39 is 5.97 Å². The summed E-state index contributed by atoms with van der Waals surface area (Å²) >= 11 is 0. The van der Waals surface area contributed by atoms with Gasteiger partial charge in [-0.25, -0.2) is 0 Å². The average Bonchev–Trinajstić information content (AvgIpc) is 2.41. The molecule has 4 heteroatoms. The summed E-state index contributed by atoms with van der Waals surface area (Å²) in [6.45, 7) is 1.77. The molecule has 0 saturated heterocycles. The first-order chi connectivity index (χ1) is 9.13. The van der Waals surface area contributed by atoms with Crippen molar-refractivity contribution in [2.45, 2.75) is 26.2 Å². The van der Waals surface area contributed by atoms with Crippen LogP contribution in [0.2, 0.25) is 0 Å². The number of nitrogens with one attached hydrogen (secondary N) is 1. The van der Waals surface area contributed by atoms with Gasteiger partial charge in [-0.2, -0.15) is 0 Å². The van der Waals surface area contributed by atoms with Crippen LogP contribution in [0, 0.1) is 0 Å². The highest BCUT2D eigenvalue weighted by molar-refractivity contribution is 5.96. The van der Waals surface area contributed by atoms with Crippen molar-refractivity contribution in [2.75, 3.05) is 6.54 Å². The van der Waals surface area contributed by atoms with Gasteiger partial charge in [-0.05, 0) is 24.1 Å². The summed E-state index contributed by atoms with van der Waals surface area (Å²) in [7, 11) is 0. The summed E-state index contributed by atoms with van der Waals surface area (Å²) in [6.07, 6.45) is 7.38. The number of aliphatic carboxylic acids is 1. The van der Waals surface area contributed by atoms with Gasteiger partial charge in [0.2, 0.25) is 0 Å². The highest BCUT2D eigenvalue weighted by Crippen LogP contribution is 2.08. The zero-order valence-electron chi connectivity index (χ0n) is 11.1. The molecule has 102 valence electrons. The first-order valence-electron chi connectivity index (χ1n) is 6.40. The van der Waals surface area contributed by atoms with Gasteiger partial charge in [0, 0.05) is 5.56 Å². The fourth-order valence-electron chi connectivity index (χ4n) is 1.58. The van der Waals surface area contributed by atoms with E-state index in [0.29, 0.717) is 5.56 Å². The first kappa shape index (κ1) is 15.0. The molecule has 0 bridgehead atoms. The van der Waals surface area contributed by atoms with E-state index in [0.717, 1.165) is 24.8 Å². The number of unbranched alkanes of at least 4 members (excludes halogenated alkanes) is 2. The summed E-state index contributed by atoms with van der Waals surface area (Å²) in [5.74, 6) is -1.42. The minimum Gasteiger partial charge on any atom is -0.480 e. The second kappa shape index (κ2) is 8.08. The van der Waals surface area contributed by atoms with Crippen LogP contribution >= 0.6 is 0 Å². The maximum absolute atomic E-state index is 11.7. The lowest BCUT2D eigenvalue weighted by atomic mass is 10.1. The molecule has 0 unspecified atom stereocenters. The van der Waals surface area contributed by atoms with Gasteiger partial charge in [0.1, 0.15) is 6.54 Å². The molecule has 4 nitrogen and oxygen atoms in total. The number of benzene rings is 1. The Morgan fingerprint density at radius 2 is 2.16 bits per heavy atom. The molecular formula is C15H19NO3. The van der Waals surface area contributed by atoms with Crippen LogP contribution in [0.15, 0.2) is 30.3 Å². The van der Waals surface area contributed by atoms with Gasteiger partial charge < -0.3 is 10.4 Å². The molecule has 0 heterocycles. The molecule has 0 atom stereocenters. The number of hydrogen-bond donors (Lipinski definition) is 2. The molecule has 1 rings (SSSR count). The number of carboxylic acids is 1. The summed E-state index contributed by atoms with van der Waals surface area (Å²) in [4.78, 5) is 22.1. The van der Waals surface area contributed by atoms with E-state index in [1.54, 1.807) is 18.2 Å². The van der Waals surface area contributed by atoms with E-state index in [-0.39, 0.29) is 12.5 Å². The minimum atomic E-state index is -1.05. The van der Waals surface area contributed by atoms with E-state index in [9.17, 15) is 9.59 Å². The van der Waals surface area contributed by atoms with Crippen LogP contribution in [0.4, 0.5) is 0 Å². The molecule has 19 heavy (non-hydrogen) atoms. The Bertz CT molecular complexity index is 466. The first-order valence-corrected chi connectivity index (χ1v) is 6.40. The van der Waals surface area contributed by atoms with E-state index in [1.807, 2.05) is 12.1 Å². The summed E-state index contributed by atoms with van der Waals surface area (Å²) < 4.78 is 0. The van der Waals surface area contributed by atoms with Gasteiger partial charge in [-0.1, -0.05) is 44.1 Å². The van der Waals surface area contributed by atoms with Gasteiger partial charge >= 0.3 is 5.97 Å². The third-order valence-corrected chi connectivity index (χ3v) is 2.58. The van der Waals surface area contributed by atoms with E-state index in [2.05, 4.69) is 18.3 Å². The monoisotopic (exact) mass is 261 g/mol. The molecular weight excluding hydrogens is 242 g/mol. The standard InChI is InChI=1S/C15H19NO3/c1-2-3-4-5-7-12-8-6-9-13(10-12)15(19)16-11-14(17)18/h5-10H,2-4,11H2,1H3,(H,16,19)(H,17,18)/b7-5-. The molecule has 1 aromatic carbocycles. The van der Waals surface area contributed by atoms with Crippen LogP contribution in [0.3, 0.4) is 0 Å². The zero-order chi connectivity index (χ0) is 14.1. The number of carboxylic acid groups (broad SMARTS) is 1. The Morgan fingerprint density at radius 1 is 1.37 bits per heavy atom. The van der Waals surface area contributed by atoms with Gasteiger partial charge in [-0.15, -0.1) is 0 Å². The molecule has 0 saturated carbocycles. The number of amides is 1. The number of rotatable bonds is 7. The Morgan fingerprint density at radius 3 is 2.84 bits per heavy atom. The largest absolute Gasteiger partial charge is 0.480 e. The lowest BCUT2D eigenvalue weighted by Crippen LogP contribution is -2.29. The number of carbonyl (C=O) groups is 2. The van der Waals surface area contributed by atoms with E-state index in [1.165, 1.54) is 0 Å². The van der Waals surface area contributed by atoms with E-state index >= 15 is 0 Å². The van der Waals surface area contributed by atoms with Gasteiger partial charge in [0.05, 0.1) is 0 Å². The van der Waals surface area contributed by atoms with Crippen LogP contribution in [-0.4, -0.2) is 23.5 Å². The normalized spacial score (nSPS) is 10.6. The molecule has 0 aliphatic carbocycles. The van der Waals surface area contributed by atoms with Crippen LogP contribution in [0.25, 0.3) is 6.08 Å². The lowest BCUT2D eigenvalue weighted by Gasteiger charge is -2.03. The average molecular weight is 261 g/mol. The van der Waals surface area contributed by atoms with Crippen molar-refractivity contribution in [2.24, 2.45) is 0 Å². The maximum Gasteiger partial charge on any atom is 0.322 e. The number of carbonyl (C=O) groups excluding carboxylic acids is 1. The second-order valence-corrected chi connectivity index (χ2v) is 4.25. The van der Waals surface area contributed by atoms with Gasteiger partial charge in [0.15, 0.2) is 0 Å². The molecule has 1 aromatic rings.